The highest BCUT2D eigenvalue weighted by molar-refractivity contribution is 5.28. The molecule has 4 nitrogen and oxygen atoms in total. The fourth-order valence-electron chi connectivity index (χ4n) is 3.22. The highest BCUT2D eigenvalue weighted by atomic mass is 15.2. The van der Waals surface area contributed by atoms with Gasteiger partial charge in [0.05, 0.1) is 6.04 Å². The van der Waals surface area contributed by atoms with Gasteiger partial charge >= 0.3 is 0 Å². The molecule has 1 aromatic rings. The van der Waals surface area contributed by atoms with Gasteiger partial charge in [0.1, 0.15) is 5.82 Å². The summed E-state index contributed by atoms with van der Waals surface area (Å²) in [4.78, 5) is 12.2. The maximum Gasteiger partial charge on any atom is 0.145 e. The van der Waals surface area contributed by atoms with Crippen molar-refractivity contribution in [2.45, 2.75) is 45.6 Å². The fraction of sp³-hybridized carbons (Fsp3) is 0.733. The van der Waals surface area contributed by atoms with Gasteiger partial charge in [-0.2, -0.15) is 0 Å². The van der Waals surface area contributed by atoms with Crippen molar-refractivity contribution in [1.29, 1.82) is 0 Å². The third-order valence-corrected chi connectivity index (χ3v) is 4.48. The van der Waals surface area contributed by atoms with Gasteiger partial charge < -0.3 is 5.32 Å². The molecule has 0 radical (unpaired) electrons. The number of nitrogens with one attached hydrogen (secondary N) is 1. The van der Waals surface area contributed by atoms with Crippen LogP contribution in [0.3, 0.4) is 0 Å². The van der Waals surface area contributed by atoms with Crippen molar-refractivity contribution in [3.8, 4) is 0 Å². The summed E-state index contributed by atoms with van der Waals surface area (Å²) in [6.45, 7) is 8.75. The molecule has 3 rings (SSSR count). The molecule has 1 aliphatic carbocycles. The first-order valence-electron chi connectivity index (χ1n) is 7.57. The predicted octanol–water partition coefficient (Wildman–Crippen LogP) is 1.63. The van der Waals surface area contributed by atoms with Gasteiger partial charge in [-0.1, -0.05) is 0 Å². The van der Waals surface area contributed by atoms with Crippen LogP contribution in [0, 0.1) is 6.92 Å². The van der Waals surface area contributed by atoms with Gasteiger partial charge in [0.15, 0.2) is 0 Å². The number of hydrogen-bond acceptors (Lipinski definition) is 4. The zero-order valence-electron chi connectivity index (χ0n) is 12.1. The van der Waals surface area contributed by atoms with Crippen LogP contribution in [0.5, 0.6) is 0 Å². The Morgan fingerprint density at radius 3 is 2.63 bits per heavy atom. The zero-order valence-corrected chi connectivity index (χ0v) is 12.1. The molecule has 0 amide bonds. The van der Waals surface area contributed by atoms with Gasteiger partial charge in [0.2, 0.25) is 0 Å². The molecule has 1 N–H and O–H groups in total. The van der Waals surface area contributed by atoms with Gasteiger partial charge in [-0.25, -0.2) is 9.97 Å². The quantitative estimate of drug-likeness (QED) is 0.877. The highest BCUT2D eigenvalue weighted by Gasteiger charge is 2.23. The van der Waals surface area contributed by atoms with Gasteiger partial charge in [-0.15, -0.1) is 0 Å². The lowest BCUT2D eigenvalue weighted by Gasteiger charge is -2.32. The summed E-state index contributed by atoms with van der Waals surface area (Å²) < 4.78 is 0. The van der Waals surface area contributed by atoms with E-state index in [4.69, 9.17) is 9.97 Å². The minimum Gasteiger partial charge on any atom is -0.314 e. The molecular weight excluding hydrogens is 236 g/mol. The second-order valence-corrected chi connectivity index (χ2v) is 5.76. The molecule has 1 aliphatic heterocycles. The molecule has 4 heteroatoms. The van der Waals surface area contributed by atoms with Crippen molar-refractivity contribution in [2.75, 3.05) is 26.2 Å². The van der Waals surface area contributed by atoms with Crippen LogP contribution < -0.4 is 5.32 Å². The number of aromatic nitrogens is 2. The zero-order chi connectivity index (χ0) is 13.2. The second-order valence-electron chi connectivity index (χ2n) is 5.76. The highest BCUT2D eigenvalue weighted by Crippen LogP contribution is 2.25. The van der Waals surface area contributed by atoms with E-state index in [2.05, 4.69) is 24.1 Å². The lowest BCUT2D eigenvalue weighted by molar-refractivity contribution is 0.178. The van der Waals surface area contributed by atoms with E-state index in [0.29, 0.717) is 6.04 Å². The van der Waals surface area contributed by atoms with Crippen LogP contribution in [-0.4, -0.2) is 41.0 Å². The Kier molecular flexibility index (Phi) is 3.80. The first kappa shape index (κ1) is 13.0. The first-order chi connectivity index (χ1) is 9.25. The van der Waals surface area contributed by atoms with Crippen LogP contribution in [0.1, 0.15) is 48.6 Å². The van der Waals surface area contributed by atoms with E-state index in [9.17, 15) is 0 Å². The molecule has 0 aromatic carbocycles. The van der Waals surface area contributed by atoms with Crippen LogP contribution in [0.25, 0.3) is 0 Å². The fourth-order valence-corrected chi connectivity index (χ4v) is 3.22. The van der Waals surface area contributed by atoms with Crippen LogP contribution in [0.15, 0.2) is 0 Å². The van der Waals surface area contributed by atoms with Crippen LogP contribution in [0.2, 0.25) is 0 Å². The van der Waals surface area contributed by atoms with E-state index < -0.39 is 0 Å². The Bertz CT molecular complexity index is 452. The lowest BCUT2D eigenvalue weighted by Crippen LogP contribution is -2.44. The van der Waals surface area contributed by atoms with Crippen molar-refractivity contribution < 1.29 is 0 Å². The maximum atomic E-state index is 4.88. The molecule has 2 heterocycles. The third kappa shape index (κ3) is 2.65. The minimum absolute atomic E-state index is 0.341. The van der Waals surface area contributed by atoms with Gasteiger partial charge in [0, 0.05) is 37.6 Å². The summed E-state index contributed by atoms with van der Waals surface area (Å²) in [5.41, 5.74) is 3.94. The summed E-state index contributed by atoms with van der Waals surface area (Å²) in [7, 11) is 0. The monoisotopic (exact) mass is 260 g/mol. The van der Waals surface area contributed by atoms with Crippen LogP contribution in [-0.2, 0) is 12.8 Å². The summed E-state index contributed by atoms with van der Waals surface area (Å²) in [5.74, 6) is 1.03. The molecule has 1 unspecified atom stereocenters. The number of fused-ring (bicyclic) bond motifs is 1. The third-order valence-electron chi connectivity index (χ3n) is 4.48. The van der Waals surface area contributed by atoms with E-state index in [1.807, 2.05) is 0 Å². The summed E-state index contributed by atoms with van der Waals surface area (Å²) >= 11 is 0. The molecule has 2 aliphatic rings. The molecule has 0 saturated carbocycles. The Morgan fingerprint density at radius 1 is 1.11 bits per heavy atom. The molecule has 1 fully saturated rings. The molecule has 1 atom stereocenters. The Labute approximate surface area is 115 Å². The first-order valence-corrected chi connectivity index (χ1v) is 7.57. The number of hydrogen-bond donors (Lipinski definition) is 1. The molecule has 0 spiro atoms. The standard InChI is InChI=1S/C15H24N4/c1-11-13-5-3-4-6-14(13)18-15(17-11)12(2)19-9-7-16-8-10-19/h12,16H,3-10H2,1-2H3. The normalized spacial score (nSPS) is 22.0. The SMILES string of the molecule is Cc1nc(C(C)N2CCNCC2)nc2c1CCCC2. The number of nitrogens with zero attached hydrogens (tertiary/aromatic N) is 3. The van der Waals surface area contributed by atoms with Crippen molar-refractivity contribution in [1.82, 2.24) is 20.2 Å². The van der Waals surface area contributed by atoms with E-state index >= 15 is 0 Å². The largest absolute Gasteiger partial charge is 0.314 e. The van der Waals surface area contributed by atoms with Crippen molar-refractivity contribution >= 4 is 0 Å². The number of piperazine rings is 1. The van der Waals surface area contributed by atoms with Crippen molar-refractivity contribution in [3.63, 3.8) is 0 Å². The predicted molar refractivity (Wildman–Crippen MR) is 76.3 cm³/mol. The summed E-state index contributed by atoms with van der Waals surface area (Å²) in [6.07, 6.45) is 4.89. The van der Waals surface area contributed by atoms with E-state index in [1.54, 1.807) is 0 Å². The topological polar surface area (TPSA) is 41.1 Å². The second kappa shape index (κ2) is 5.55. The molecular formula is C15H24N4. The summed E-state index contributed by atoms with van der Waals surface area (Å²) in [6, 6.07) is 0.341. The number of rotatable bonds is 2. The Morgan fingerprint density at radius 2 is 1.84 bits per heavy atom. The minimum atomic E-state index is 0.341. The van der Waals surface area contributed by atoms with E-state index in [-0.39, 0.29) is 0 Å². The molecule has 1 saturated heterocycles. The van der Waals surface area contributed by atoms with Gasteiger partial charge in [0.25, 0.3) is 0 Å². The average molecular weight is 260 g/mol. The number of aryl methyl sites for hydroxylation is 2. The van der Waals surface area contributed by atoms with E-state index in [1.165, 1.54) is 36.2 Å². The maximum absolute atomic E-state index is 4.88. The van der Waals surface area contributed by atoms with Crippen LogP contribution >= 0.6 is 0 Å². The smallest absolute Gasteiger partial charge is 0.145 e. The van der Waals surface area contributed by atoms with Gasteiger partial charge in [-0.3, -0.25) is 4.90 Å². The van der Waals surface area contributed by atoms with Crippen LogP contribution in [0.4, 0.5) is 0 Å². The molecule has 0 bridgehead atoms. The average Bonchev–Trinajstić information content (AvgIpc) is 2.47. The molecule has 1 aromatic heterocycles. The summed E-state index contributed by atoms with van der Waals surface area (Å²) in [5, 5.41) is 3.40. The van der Waals surface area contributed by atoms with Gasteiger partial charge in [-0.05, 0) is 45.1 Å². The lowest BCUT2D eigenvalue weighted by atomic mass is 9.95. The molecule has 104 valence electrons. The Hall–Kier alpha value is -1.00. The van der Waals surface area contributed by atoms with Crippen molar-refractivity contribution in [2.24, 2.45) is 0 Å². The molecule has 19 heavy (non-hydrogen) atoms. The van der Waals surface area contributed by atoms with Crippen molar-refractivity contribution in [3.05, 3.63) is 22.8 Å². The Balaban J connectivity index is 1.85. The van der Waals surface area contributed by atoms with E-state index in [0.717, 1.165) is 38.4 Å².